The highest BCUT2D eigenvalue weighted by molar-refractivity contribution is 7.89. The topological polar surface area (TPSA) is 58.2 Å². The lowest BCUT2D eigenvalue weighted by atomic mass is 10.0. The summed E-state index contributed by atoms with van der Waals surface area (Å²) in [6.45, 7) is 0.193. The average molecular weight is 437 g/mol. The number of nitrogens with one attached hydrogen (secondary N) is 2. The second kappa shape index (κ2) is 8.88. The van der Waals surface area contributed by atoms with Crippen LogP contribution in [0, 0.1) is 0 Å². The molecule has 0 aromatic heterocycles. The van der Waals surface area contributed by atoms with E-state index in [1.165, 1.54) is 12.1 Å². The second-order valence-corrected chi connectivity index (χ2v) is 9.14. The molecule has 1 atom stereocenters. The minimum atomic E-state index is -3.66. The van der Waals surface area contributed by atoms with E-state index in [2.05, 4.69) is 28.2 Å². The van der Waals surface area contributed by atoms with Crippen LogP contribution < -0.4 is 10.0 Å². The maximum atomic E-state index is 12.8. The van der Waals surface area contributed by atoms with Crippen molar-refractivity contribution in [2.75, 3.05) is 11.9 Å². The van der Waals surface area contributed by atoms with E-state index in [1.807, 2.05) is 54.6 Å². The Morgan fingerprint density at radius 2 is 1.43 bits per heavy atom. The lowest BCUT2D eigenvalue weighted by Gasteiger charge is -2.22. The van der Waals surface area contributed by atoms with Gasteiger partial charge < -0.3 is 5.32 Å². The summed E-state index contributed by atoms with van der Waals surface area (Å²) in [5.41, 5.74) is 1.94. The van der Waals surface area contributed by atoms with E-state index < -0.39 is 10.0 Å². The molecule has 4 aromatic rings. The SMILES string of the molecule is O=S(=O)(NC[C@H](Nc1cccc2ccccc12)c1ccccc1)c1ccc(Cl)cc1. The third-order valence-corrected chi connectivity index (χ3v) is 6.61. The molecule has 0 spiro atoms. The van der Waals surface area contributed by atoms with Crippen LogP contribution >= 0.6 is 11.6 Å². The Bertz CT molecular complexity index is 1240. The van der Waals surface area contributed by atoms with Crippen molar-refractivity contribution in [3.05, 3.63) is 108 Å². The van der Waals surface area contributed by atoms with Crippen LogP contribution in [-0.2, 0) is 10.0 Å². The van der Waals surface area contributed by atoms with Crippen molar-refractivity contribution in [3.8, 4) is 0 Å². The largest absolute Gasteiger partial charge is 0.376 e. The highest BCUT2D eigenvalue weighted by Gasteiger charge is 2.19. The van der Waals surface area contributed by atoms with E-state index >= 15 is 0 Å². The molecule has 0 unspecified atom stereocenters. The van der Waals surface area contributed by atoms with Crippen LogP contribution in [-0.4, -0.2) is 15.0 Å². The van der Waals surface area contributed by atoms with Gasteiger partial charge in [-0.1, -0.05) is 78.3 Å². The van der Waals surface area contributed by atoms with Gasteiger partial charge >= 0.3 is 0 Å². The Morgan fingerprint density at radius 3 is 2.20 bits per heavy atom. The maximum Gasteiger partial charge on any atom is 0.240 e. The second-order valence-electron chi connectivity index (χ2n) is 6.94. The number of fused-ring (bicyclic) bond motifs is 1. The minimum Gasteiger partial charge on any atom is -0.376 e. The summed E-state index contributed by atoms with van der Waals surface area (Å²) < 4.78 is 28.3. The molecular weight excluding hydrogens is 416 g/mol. The van der Waals surface area contributed by atoms with E-state index in [0.29, 0.717) is 5.02 Å². The van der Waals surface area contributed by atoms with Crippen LogP contribution in [0.4, 0.5) is 5.69 Å². The quantitative estimate of drug-likeness (QED) is 0.395. The fourth-order valence-electron chi connectivity index (χ4n) is 3.37. The van der Waals surface area contributed by atoms with Gasteiger partial charge in [0.2, 0.25) is 10.0 Å². The van der Waals surface area contributed by atoms with Crippen LogP contribution in [0.15, 0.2) is 102 Å². The zero-order valence-corrected chi connectivity index (χ0v) is 17.7. The van der Waals surface area contributed by atoms with Crippen molar-refractivity contribution >= 4 is 38.1 Å². The number of hydrogen-bond acceptors (Lipinski definition) is 3. The van der Waals surface area contributed by atoms with Crippen molar-refractivity contribution in [2.45, 2.75) is 10.9 Å². The summed E-state index contributed by atoms with van der Waals surface area (Å²) in [5.74, 6) is 0. The first-order valence-electron chi connectivity index (χ1n) is 9.57. The molecule has 6 heteroatoms. The van der Waals surface area contributed by atoms with Crippen LogP contribution in [0.2, 0.25) is 5.02 Å². The average Bonchev–Trinajstić information content (AvgIpc) is 2.77. The summed E-state index contributed by atoms with van der Waals surface area (Å²) in [5, 5.41) is 6.22. The molecule has 0 amide bonds. The summed E-state index contributed by atoms with van der Waals surface area (Å²) in [6, 6.07) is 29.8. The van der Waals surface area contributed by atoms with E-state index in [-0.39, 0.29) is 17.5 Å². The van der Waals surface area contributed by atoms with E-state index in [0.717, 1.165) is 22.0 Å². The number of halogens is 1. The molecule has 0 radical (unpaired) electrons. The van der Waals surface area contributed by atoms with Gasteiger partial charge in [-0.05, 0) is 41.3 Å². The lowest BCUT2D eigenvalue weighted by molar-refractivity contribution is 0.576. The summed E-state index contributed by atoms with van der Waals surface area (Å²) in [4.78, 5) is 0.184. The van der Waals surface area contributed by atoms with E-state index in [9.17, 15) is 8.42 Å². The number of benzene rings is 4. The first-order chi connectivity index (χ1) is 14.5. The van der Waals surface area contributed by atoms with Gasteiger partial charge in [-0.25, -0.2) is 13.1 Å². The van der Waals surface area contributed by atoms with Crippen molar-refractivity contribution in [1.29, 1.82) is 0 Å². The van der Waals surface area contributed by atoms with Gasteiger partial charge in [0, 0.05) is 22.6 Å². The zero-order chi connectivity index (χ0) is 21.0. The van der Waals surface area contributed by atoms with Crippen LogP contribution in [0.5, 0.6) is 0 Å². The van der Waals surface area contributed by atoms with Gasteiger partial charge in [-0.3, -0.25) is 0 Å². The molecule has 4 nitrogen and oxygen atoms in total. The number of rotatable bonds is 7. The van der Waals surface area contributed by atoms with Gasteiger partial charge in [-0.15, -0.1) is 0 Å². The van der Waals surface area contributed by atoms with Gasteiger partial charge in [0.05, 0.1) is 10.9 Å². The number of hydrogen-bond donors (Lipinski definition) is 2. The highest BCUT2D eigenvalue weighted by atomic mass is 35.5. The summed E-state index contributed by atoms with van der Waals surface area (Å²) in [6.07, 6.45) is 0. The first kappa shape index (κ1) is 20.4. The van der Waals surface area contributed by atoms with Crippen molar-refractivity contribution in [3.63, 3.8) is 0 Å². The standard InChI is InChI=1S/C24H21ClN2O2S/c25-20-13-15-21(16-14-20)30(28,29)26-17-24(19-8-2-1-3-9-19)27-23-12-6-10-18-7-4-5-11-22(18)23/h1-16,24,26-27H,17H2/t24-/m0/s1. The van der Waals surface area contributed by atoms with Gasteiger partial charge in [0.15, 0.2) is 0 Å². The molecule has 2 N–H and O–H groups in total. The lowest BCUT2D eigenvalue weighted by Crippen LogP contribution is -2.31. The summed E-state index contributed by atoms with van der Waals surface area (Å²) in [7, 11) is -3.66. The van der Waals surface area contributed by atoms with Crippen molar-refractivity contribution in [2.24, 2.45) is 0 Å². The molecule has 4 rings (SSSR count). The van der Waals surface area contributed by atoms with E-state index in [1.54, 1.807) is 12.1 Å². The van der Waals surface area contributed by atoms with Crippen molar-refractivity contribution < 1.29 is 8.42 Å². The minimum absolute atomic E-state index is 0.184. The van der Waals surface area contributed by atoms with Gasteiger partial charge in [-0.2, -0.15) is 0 Å². The number of sulfonamides is 1. The van der Waals surface area contributed by atoms with Crippen LogP contribution in [0.25, 0.3) is 10.8 Å². The van der Waals surface area contributed by atoms with E-state index in [4.69, 9.17) is 11.6 Å². The van der Waals surface area contributed by atoms with Gasteiger partial charge in [0.25, 0.3) is 0 Å². The molecule has 0 aliphatic carbocycles. The fourth-order valence-corrected chi connectivity index (χ4v) is 4.54. The molecule has 152 valence electrons. The molecule has 0 heterocycles. The third-order valence-electron chi connectivity index (χ3n) is 4.92. The zero-order valence-electron chi connectivity index (χ0n) is 16.1. The Kier molecular flexibility index (Phi) is 6.04. The normalized spacial score (nSPS) is 12.6. The molecule has 30 heavy (non-hydrogen) atoms. The fraction of sp³-hybridized carbons (Fsp3) is 0.0833. The summed E-state index contributed by atoms with van der Waals surface area (Å²) >= 11 is 5.88. The molecule has 0 aliphatic heterocycles. The Labute approximate surface area is 181 Å². The smallest absolute Gasteiger partial charge is 0.240 e. The maximum absolute atomic E-state index is 12.8. The predicted molar refractivity (Wildman–Crippen MR) is 123 cm³/mol. The highest BCUT2D eigenvalue weighted by Crippen LogP contribution is 2.27. The molecule has 4 aromatic carbocycles. The Balaban J connectivity index is 1.61. The Morgan fingerprint density at radius 1 is 0.767 bits per heavy atom. The molecule has 0 fully saturated rings. The first-order valence-corrected chi connectivity index (χ1v) is 11.4. The molecule has 0 bridgehead atoms. The van der Waals surface area contributed by atoms with Crippen LogP contribution in [0.1, 0.15) is 11.6 Å². The predicted octanol–water partition coefficient (Wildman–Crippen LogP) is 5.62. The molecular formula is C24H21ClN2O2S. The third kappa shape index (κ3) is 4.65. The molecule has 0 saturated carbocycles. The van der Waals surface area contributed by atoms with Crippen molar-refractivity contribution in [1.82, 2.24) is 4.72 Å². The Hall–Kier alpha value is -2.86. The van der Waals surface area contributed by atoms with Crippen LogP contribution in [0.3, 0.4) is 0 Å². The molecule has 0 aliphatic rings. The monoisotopic (exact) mass is 436 g/mol. The molecule has 0 saturated heterocycles. The number of anilines is 1. The van der Waals surface area contributed by atoms with Gasteiger partial charge in [0.1, 0.15) is 0 Å².